The van der Waals surface area contributed by atoms with Crippen LogP contribution in [0.1, 0.15) is 125 Å². The van der Waals surface area contributed by atoms with E-state index in [2.05, 4.69) is 72.0 Å². The van der Waals surface area contributed by atoms with Crippen LogP contribution in [0.5, 0.6) is 0 Å². The van der Waals surface area contributed by atoms with Crippen molar-refractivity contribution in [2.24, 2.45) is 0 Å². The Bertz CT molecular complexity index is 617. The van der Waals surface area contributed by atoms with E-state index in [1.807, 2.05) is 0 Å². The number of aromatic nitrogens is 3. The zero-order chi connectivity index (χ0) is 24.2. The minimum Gasteiger partial charge on any atom is -0.339 e. The highest BCUT2D eigenvalue weighted by molar-refractivity contribution is 5.23. The van der Waals surface area contributed by atoms with Crippen LogP contribution in [0.15, 0.2) is 12.7 Å². The highest BCUT2D eigenvalue weighted by atomic mass is 15.3. The zero-order valence-electron chi connectivity index (χ0n) is 22.5. The van der Waals surface area contributed by atoms with Crippen LogP contribution in [-0.2, 0) is 0 Å². The summed E-state index contributed by atoms with van der Waals surface area (Å²) in [6, 6.07) is 0.538. The Morgan fingerprint density at radius 1 is 0.879 bits per heavy atom. The van der Waals surface area contributed by atoms with Crippen molar-refractivity contribution in [2.75, 3.05) is 11.9 Å². The average Bonchev–Trinajstić information content (AvgIpc) is 2.74. The fraction of sp³-hybridized carbons (Fsp3) is 0.889. The Hall–Kier alpha value is -1.27. The standard InChI is InChI=1S/C27H52N6/c1-7-9-11-12-13-14-15-16-17-24(31-25-29-21-28-22-30-25)33(18-10-8-2)23-19-26(3,4)32-27(5,6)20-23/h21-24,32H,7-20H2,1-6H3,(H,28,29,30,31). The molecule has 6 heteroatoms. The molecule has 0 saturated carbocycles. The van der Waals surface area contributed by atoms with Gasteiger partial charge in [0.05, 0.1) is 6.17 Å². The second-order valence-corrected chi connectivity index (χ2v) is 11.4. The molecule has 2 N–H and O–H groups in total. The van der Waals surface area contributed by atoms with Crippen LogP contribution in [0.4, 0.5) is 5.95 Å². The summed E-state index contributed by atoms with van der Waals surface area (Å²) < 4.78 is 0. The molecule has 33 heavy (non-hydrogen) atoms. The van der Waals surface area contributed by atoms with Gasteiger partial charge in [0.15, 0.2) is 0 Å². The zero-order valence-corrected chi connectivity index (χ0v) is 22.5. The van der Waals surface area contributed by atoms with E-state index < -0.39 is 0 Å². The fourth-order valence-corrected chi connectivity index (χ4v) is 5.69. The minimum atomic E-state index is 0.132. The average molecular weight is 461 g/mol. The number of anilines is 1. The van der Waals surface area contributed by atoms with Gasteiger partial charge in [0.1, 0.15) is 12.7 Å². The van der Waals surface area contributed by atoms with E-state index in [1.54, 1.807) is 12.7 Å². The van der Waals surface area contributed by atoms with Crippen LogP contribution in [0, 0.1) is 0 Å². The summed E-state index contributed by atoms with van der Waals surface area (Å²) in [5, 5.41) is 7.56. The molecule has 0 aliphatic carbocycles. The molecule has 1 atom stereocenters. The van der Waals surface area contributed by atoms with Crippen LogP contribution >= 0.6 is 0 Å². The second-order valence-electron chi connectivity index (χ2n) is 11.4. The number of hydrogen-bond acceptors (Lipinski definition) is 6. The predicted molar refractivity (Wildman–Crippen MR) is 140 cm³/mol. The number of nitrogens with one attached hydrogen (secondary N) is 2. The molecule has 0 bridgehead atoms. The van der Waals surface area contributed by atoms with Gasteiger partial charge in [0, 0.05) is 23.7 Å². The molecule has 1 aromatic rings. The first-order chi connectivity index (χ1) is 15.8. The van der Waals surface area contributed by atoms with Crippen molar-refractivity contribution in [1.29, 1.82) is 0 Å². The molecule has 1 fully saturated rings. The van der Waals surface area contributed by atoms with Gasteiger partial charge >= 0.3 is 0 Å². The first-order valence-electron chi connectivity index (χ1n) is 13.7. The molecule has 0 radical (unpaired) electrons. The van der Waals surface area contributed by atoms with Crippen LogP contribution < -0.4 is 10.6 Å². The third-order valence-electron chi connectivity index (χ3n) is 6.93. The molecule has 1 aliphatic rings. The lowest BCUT2D eigenvalue weighted by atomic mass is 9.78. The number of piperidine rings is 1. The van der Waals surface area contributed by atoms with Gasteiger partial charge in [-0.25, -0.2) is 15.0 Å². The van der Waals surface area contributed by atoms with Crippen LogP contribution in [-0.4, -0.2) is 49.7 Å². The van der Waals surface area contributed by atoms with E-state index in [0.29, 0.717) is 12.0 Å². The predicted octanol–water partition coefficient (Wildman–Crippen LogP) is 6.55. The molecule has 190 valence electrons. The van der Waals surface area contributed by atoms with E-state index in [0.717, 1.165) is 25.8 Å². The third kappa shape index (κ3) is 10.7. The highest BCUT2D eigenvalue weighted by Gasteiger charge is 2.41. The molecule has 0 spiro atoms. The van der Waals surface area contributed by atoms with Gasteiger partial charge in [0.25, 0.3) is 0 Å². The summed E-state index contributed by atoms with van der Waals surface area (Å²) in [4.78, 5) is 15.6. The smallest absolute Gasteiger partial charge is 0.226 e. The normalized spacial score (nSPS) is 19.0. The van der Waals surface area contributed by atoms with Crippen molar-refractivity contribution >= 4 is 5.95 Å². The molecule has 0 amide bonds. The molecule has 2 rings (SSSR count). The lowest BCUT2D eigenvalue weighted by Crippen LogP contribution is -2.64. The number of unbranched alkanes of at least 4 members (excludes halogenated alkanes) is 8. The van der Waals surface area contributed by atoms with E-state index in [1.165, 1.54) is 64.2 Å². The molecule has 0 aromatic carbocycles. The van der Waals surface area contributed by atoms with Gasteiger partial charge in [0.2, 0.25) is 5.95 Å². The maximum atomic E-state index is 4.40. The van der Waals surface area contributed by atoms with Crippen LogP contribution in [0.25, 0.3) is 0 Å². The largest absolute Gasteiger partial charge is 0.339 e. The molecular formula is C27H52N6. The van der Waals surface area contributed by atoms with Crippen molar-refractivity contribution in [3.63, 3.8) is 0 Å². The van der Waals surface area contributed by atoms with Gasteiger partial charge in [-0.15, -0.1) is 0 Å². The Morgan fingerprint density at radius 2 is 1.42 bits per heavy atom. The molecule has 2 heterocycles. The molecule has 1 aromatic heterocycles. The van der Waals surface area contributed by atoms with Gasteiger partial charge < -0.3 is 10.6 Å². The highest BCUT2D eigenvalue weighted by Crippen LogP contribution is 2.33. The Morgan fingerprint density at radius 3 is 2.00 bits per heavy atom. The lowest BCUT2D eigenvalue weighted by Gasteiger charge is -2.51. The fourth-order valence-electron chi connectivity index (χ4n) is 5.69. The summed E-state index contributed by atoms with van der Waals surface area (Å²) in [6.45, 7) is 15.1. The van der Waals surface area contributed by atoms with E-state index in [9.17, 15) is 0 Å². The van der Waals surface area contributed by atoms with Crippen LogP contribution in [0.3, 0.4) is 0 Å². The van der Waals surface area contributed by atoms with E-state index in [4.69, 9.17) is 0 Å². The third-order valence-corrected chi connectivity index (χ3v) is 6.93. The molecule has 1 aliphatic heterocycles. The van der Waals surface area contributed by atoms with Gasteiger partial charge in [-0.1, -0.05) is 71.6 Å². The minimum absolute atomic E-state index is 0.132. The molecule has 1 unspecified atom stereocenters. The Balaban J connectivity index is 2.08. The molecular weight excluding hydrogens is 408 g/mol. The van der Waals surface area contributed by atoms with E-state index in [-0.39, 0.29) is 17.2 Å². The summed E-state index contributed by atoms with van der Waals surface area (Å²) in [7, 11) is 0. The summed E-state index contributed by atoms with van der Waals surface area (Å²) in [5.41, 5.74) is 0.264. The number of nitrogens with zero attached hydrogens (tertiary/aromatic N) is 4. The van der Waals surface area contributed by atoms with Gasteiger partial charge in [-0.05, 0) is 53.4 Å². The monoisotopic (exact) mass is 460 g/mol. The summed E-state index contributed by atoms with van der Waals surface area (Å²) >= 11 is 0. The maximum absolute atomic E-state index is 4.40. The number of rotatable bonds is 16. The maximum Gasteiger partial charge on any atom is 0.226 e. The van der Waals surface area contributed by atoms with Gasteiger partial charge in [-0.2, -0.15) is 0 Å². The topological polar surface area (TPSA) is 66.0 Å². The van der Waals surface area contributed by atoms with Crippen molar-refractivity contribution < 1.29 is 0 Å². The van der Waals surface area contributed by atoms with E-state index >= 15 is 0 Å². The SMILES string of the molecule is CCCCCCCCCCC(Nc1ncncn1)N(CCCC)C1CC(C)(C)NC(C)(C)C1. The van der Waals surface area contributed by atoms with Crippen molar-refractivity contribution in [3.05, 3.63) is 12.7 Å². The second kappa shape index (κ2) is 14.2. The lowest BCUT2D eigenvalue weighted by molar-refractivity contribution is 0.0416. The molecule has 6 nitrogen and oxygen atoms in total. The summed E-state index contributed by atoms with van der Waals surface area (Å²) in [6.07, 6.45) is 20.1. The Labute approximate surface area is 204 Å². The number of hydrogen-bond donors (Lipinski definition) is 2. The molecule has 1 saturated heterocycles. The van der Waals surface area contributed by atoms with Crippen molar-refractivity contribution in [3.8, 4) is 0 Å². The van der Waals surface area contributed by atoms with Crippen molar-refractivity contribution in [2.45, 2.75) is 148 Å². The first kappa shape index (κ1) is 28.0. The first-order valence-corrected chi connectivity index (χ1v) is 13.7. The Kier molecular flexibility index (Phi) is 12.0. The summed E-state index contributed by atoms with van der Waals surface area (Å²) in [5.74, 6) is 0.698. The van der Waals surface area contributed by atoms with Crippen molar-refractivity contribution in [1.82, 2.24) is 25.2 Å². The quantitative estimate of drug-likeness (QED) is 0.215. The van der Waals surface area contributed by atoms with Crippen LogP contribution in [0.2, 0.25) is 0 Å². The van der Waals surface area contributed by atoms with Gasteiger partial charge in [-0.3, -0.25) is 4.90 Å².